The van der Waals surface area contributed by atoms with Gasteiger partial charge in [0.1, 0.15) is 6.54 Å². The van der Waals surface area contributed by atoms with Crippen LogP contribution in [0.15, 0.2) is 71.6 Å². The molecule has 35 heavy (non-hydrogen) atoms. The third kappa shape index (κ3) is 6.54. The second-order valence-corrected chi connectivity index (χ2v) is 9.90. The minimum Gasteiger partial charge on any atom is -0.490 e. The van der Waals surface area contributed by atoms with E-state index in [1.807, 2.05) is 52.0 Å². The zero-order valence-corrected chi connectivity index (χ0v) is 21.4. The molecule has 0 bridgehead atoms. The van der Waals surface area contributed by atoms with Crippen LogP contribution < -0.4 is 19.1 Å². The Labute approximate surface area is 207 Å². The number of nitrogens with zero attached hydrogens (tertiary/aromatic N) is 1. The van der Waals surface area contributed by atoms with Gasteiger partial charge in [0.15, 0.2) is 11.5 Å². The highest BCUT2D eigenvalue weighted by atomic mass is 32.2. The predicted molar refractivity (Wildman–Crippen MR) is 138 cm³/mol. The quantitative estimate of drug-likeness (QED) is 0.419. The van der Waals surface area contributed by atoms with Crippen LogP contribution in [-0.4, -0.2) is 34.1 Å². The van der Waals surface area contributed by atoms with Crippen molar-refractivity contribution in [2.45, 2.75) is 39.1 Å². The van der Waals surface area contributed by atoms with Crippen molar-refractivity contribution in [2.75, 3.05) is 24.1 Å². The molecule has 0 saturated carbocycles. The van der Waals surface area contributed by atoms with Crippen LogP contribution in [0.25, 0.3) is 0 Å². The Kier molecular flexibility index (Phi) is 8.76. The van der Waals surface area contributed by atoms with Crippen molar-refractivity contribution >= 4 is 21.6 Å². The Balaban J connectivity index is 1.84. The van der Waals surface area contributed by atoms with Gasteiger partial charge >= 0.3 is 0 Å². The number of anilines is 1. The van der Waals surface area contributed by atoms with E-state index in [0.717, 1.165) is 16.7 Å². The number of carbonyl (C=O) groups is 1. The van der Waals surface area contributed by atoms with Crippen LogP contribution >= 0.6 is 0 Å². The van der Waals surface area contributed by atoms with E-state index in [9.17, 15) is 13.2 Å². The van der Waals surface area contributed by atoms with Gasteiger partial charge in [0, 0.05) is 6.54 Å². The second-order valence-electron chi connectivity index (χ2n) is 8.04. The molecule has 0 unspecified atom stereocenters. The smallest absolute Gasteiger partial charge is 0.264 e. The van der Waals surface area contributed by atoms with Gasteiger partial charge < -0.3 is 14.8 Å². The summed E-state index contributed by atoms with van der Waals surface area (Å²) in [6.45, 7) is 8.37. The van der Waals surface area contributed by atoms with Crippen molar-refractivity contribution in [3.05, 3.63) is 83.4 Å². The molecule has 186 valence electrons. The molecular formula is C27H32N2O5S. The summed E-state index contributed by atoms with van der Waals surface area (Å²) in [6, 6.07) is 19.1. The number of hydrogen-bond donors (Lipinski definition) is 1. The lowest BCUT2D eigenvalue weighted by atomic mass is 10.1. The minimum absolute atomic E-state index is 0.126. The van der Waals surface area contributed by atoms with E-state index in [0.29, 0.717) is 30.4 Å². The van der Waals surface area contributed by atoms with Gasteiger partial charge in [0.2, 0.25) is 5.91 Å². The summed E-state index contributed by atoms with van der Waals surface area (Å²) in [5.74, 6) is 0.821. The molecule has 7 nitrogen and oxygen atoms in total. The highest BCUT2D eigenvalue weighted by Crippen LogP contribution is 2.29. The Morgan fingerprint density at radius 1 is 0.886 bits per heavy atom. The van der Waals surface area contributed by atoms with Crippen LogP contribution in [0.3, 0.4) is 0 Å². The number of benzene rings is 3. The molecule has 3 aromatic carbocycles. The monoisotopic (exact) mass is 496 g/mol. The Hall–Kier alpha value is -3.52. The van der Waals surface area contributed by atoms with Crippen LogP contribution in [-0.2, 0) is 21.4 Å². The first-order valence-corrected chi connectivity index (χ1v) is 13.0. The van der Waals surface area contributed by atoms with Crippen LogP contribution in [0.5, 0.6) is 11.5 Å². The van der Waals surface area contributed by atoms with Gasteiger partial charge in [-0.25, -0.2) is 8.42 Å². The van der Waals surface area contributed by atoms with E-state index >= 15 is 0 Å². The first kappa shape index (κ1) is 26.1. The van der Waals surface area contributed by atoms with E-state index in [1.165, 1.54) is 16.4 Å². The standard InChI is InChI=1S/C27H32N2O5S/c1-5-33-25-15-14-22(17-26(25)34-6-2)18-28-27(30)19-29(24-16-20(3)12-13-21(24)4)35(31,32)23-10-8-7-9-11-23/h7-17H,5-6,18-19H2,1-4H3,(H,28,30). The molecule has 0 radical (unpaired) electrons. The summed E-state index contributed by atoms with van der Waals surface area (Å²) in [6.07, 6.45) is 0. The maximum atomic E-state index is 13.5. The summed E-state index contributed by atoms with van der Waals surface area (Å²) in [7, 11) is -3.96. The highest BCUT2D eigenvalue weighted by molar-refractivity contribution is 7.92. The zero-order chi connectivity index (χ0) is 25.4. The number of nitrogens with one attached hydrogen (secondary N) is 1. The van der Waals surface area contributed by atoms with E-state index in [-0.39, 0.29) is 18.0 Å². The van der Waals surface area contributed by atoms with Crippen LogP contribution in [0, 0.1) is 13.8 Å². The fraction of sp³-hybridized carbons (Fsp3) is 0.296. The SMILES string of the molecule is CCOc1ccc(CNC(=O)CN(c2cc(C)ccc2C)S(=O)(=O)c2ccccc2)cc1OCC. The fourth-order valence-corrected chi connectivity index (χ4v) is 5.10. The van der Waals surface area contributed by atoms with E-state index in [4.69, 9.17) is 9.47 Å². The van der Waals surface area contributed by atoms with Crippen molar-refractivity contribution < 1.29 is 22.7 Å². The molecule has 1 amide bonds. The molecule has 3 aromatic rings. The van der Waals surface area contributed by atoms with Crippen molar-refractivity contribution in [3.8, 4) is 11.5 Å². The third-order valence-electron chi connectivity index (χ3n) is 5.35. The van der Waals surface area contributed by atoms with Crippen molar-refractivity contribution in [2.24, 2.45) is 0 Å². The normalized spacial score (nSPS) is 11.1. The van der Waals surface area contributed by atoms with E-state index in [1.54, 1.807) is 30.3 Å². The van der Waals surface area contributed by atoms with E-state index < -0.39 is 15.9 Å². The topological polar surface area (TPSA) is 84.9 Å². The molecule has 0 heterocycles. The average Bonchev–Trinajstić information content (AvgIpc) is 2.85. The number of sulfonamides is 1. The molecular weight excluding hydrogens is 464 g/mol. The lowest BCUT2D eigenvalue weighted by molar-refractivity contribution is -0.119. The molecule has 0 aliphatic carbocycles. The molecule has 8 heteroatoms. The summed E-state index contributed by atoms with van der Waals surface area (Å²) in [5.41, 5.74) is 2.95. The Morgan fingerprint density at radius 2 is 1.57 bits per heavy atom. The molecule has 0 saturated heterocycles. The largest absolute Gasteiger partial charge is 0.490 e. The number of rotatable bonds is 11. The maximum absolute atomic E-state index is 13.5. The first-order valence-electron chi connectivity index (χ1n) is 11.6. The lowest BCUT2D eigenvalue weighted by Crippen LogP contribution is -2.41. The Morgan fingerprint density at radius 3 is 2.26 bits per heavy atom. The molecule has 0 fully saturated rings. The van der Waals surface area contributed by atoms with Gasteiger partial charge in [-0.1, -0.05) is 36.4 Å². The van der Waals surface area contributed by atoms with E-state index in [2.05, 4.69) is 5.32 Å². The highest BCUT2D eigenvalue weighted by Gasteiger charge is 2.28. The zero-order valence-electron chi connectivity index (χ0n) is 20.6. The Bertz CT molecular complexity index is 1260. The molecule has 0 aromatic heterocycles. The summed E-state index contributed by atoms with van der Waals surface area (Å²) in [4.78, 5) is 13.1. The minimum atomic E-state index is -3.96. The molecule has 3 rings (SSSR count). The van der Waals surface area contributed by atoms with Crippen molar-refractivity contribution in [1.29, 1.82) is 0 Å². The predicted octanol–water partition coefficient (Wildman–Crippen LogP) is 4.61. The van der Waals surface area contributed by atoms with Crippen LogP contribution in [0.2, 0.25) is 0 Å². The van der Waals surface area contributed by atoms with Gasteiger partial charge in [0.25, 0.3) is 10.0 Å². The molecule has 0 aliphatic heterocycles. The summed E-state index contributed by atoms with van der Waals surface area (Å²) < 4.78 is 39.5. The summed E-state index contributed by atoms with van der Waals surface area (Å²) in [5, 5.41) is 2.84. The number of ether oxygens (including phenoxy) is 2. The van der Waals surface area contributed by atoms with Crippen molar-refractivity contribution in [3.63, 3.8) is 0 Å². The molecule has 0 aliphatic rings. The maximum Gasteiger partial charge on any atom is 0.264 e. The fourth-order valence-electron chi connectivity index (χ4n) is 3.60. The lowest BCUT2D eigenvalue weighted by Gasteiger charge is -2.26. The molecule has 0 atom stereocenters. The van der Waals surface area contributed by atoms with Gasteiger partial charge in [0.05, 0.1) is 23.8 Å². The van der Waals surface area contributed by atoms with Crippen LogP contribution in [0.1, 0.15) is 30.5 Å². The second kappa shape index (κ2) is 11.8. The number of hydrogen-bond acceptors (Lipinski definition) is 5. The van der Waals surface area contributed by atoms with Gasteiger partial charge in [-0.15, -0.1) is 0 Å². The first-order chi connectivity index (χ1) is 16.8. The summed E-state index contributed by atoms with van der Waals surface area (Å²) >= 11 is 0. The number of carbonyl (C=O) groups excluding carboxylic acids is 1. The average molecular weight is 497 g/mol. The molecule has 0 spiro atoms. The van der Waals surface area contributed by atoms with Gasteiger partial charge in [-0.3, -0.25) is 9.10 Å². The molecule has 1 N–H and O–H groups in total. The third-order valence-corrected chi connectivity index (χ3v) is 7.12. The van der Waals surface area contributed by atoms with Crippen LogP contribution in [0.4, 0.5) is 5.69 Å². The number of amides is 1. The number of aryl methyl sites for hydroxylation is 2. The van der Waals surface area contributed by atoms with Gasteiger partial charge in [-0.2, -0.15) is 0 Å². The van der Waals surface area contributed by atoms with Gasteiger partial charge in [-0.05, 0) is 74.7 Å². The van der Waals surface area contributed by atoms with Crippen molar-refractivity contribution in [1.82, 2.24) is 5.32 Å².